The van der Waals surface area contributed by atoms with Crippen LogP contribution in [-0.4, -0.2) is 32.9 Å². The van der Waals surface area contributed by atoms with Crippen molar-refractivity contribution >= 4 is 16.9 Å². The number of nitrogens with zero attached hydrogens (tertiary/aromatic N) is 3. The van der Waals surface area contributed by atoms with E-state index in [9.17, 15) is 4.79 Å². The van der Waals surface area contributed by atoms with Crippen LogP contribution in [0, 0.1) is 0 Å². The fourth-order valence-corrected chi connectivity index (χ4v) is 4.70. The van der Waals surface area contributed by atoms with Gasteiger partial charge in [0.2, 0.25) is 0 Å². The summed E-state index contributed by atoms with van der Waals surface area (Å²) in [6.07, 6.45) is 5.93. The summed E-state index contributed by atoms with van der Waals surface area (Å²) in [7, 11) is 0. The SMILES string of the molecule is O=C(NC1CCCCC1)c1ccc2c(c1)nc1n2CCN(Cc2ccccc2)C1. The van der Waals surface area contributed by atoms with Crippen LogP contribution in [0.3, 0.4) is 0 Å². The molecular weight excluding hydrogens is 360 g/mol. The number of fused-ring (bicyclic) bond motifs is 3. The van der Waals surface area contributed by atoms with Gasteiger partial charge in [0.15, 0.2) is 0 Å². The number of aromatic nitrogens is 2. The maximum Gasteiger partial charge on any atom is 0.251 e. The number of carbonyl (C=O) groups excluding carboxylic acids is 1. The Morgan fingerprint density at radius 2 is 1.86 bits per heavy atom. The van der Waals surface area contributed by atoms with Crippen LogP contribution in [0.4, 0.5) is 0 Å². The molecule has 5 nitrogen and oxygen atoms in total. The first kappa shape index (κ1) is 18.4. The first-order valence-electron chi connectivity index (χ1n) is 10.8. The molecule has 150 valence electrons. The van der Waals surface area contributed by atoms with Crippen molar-refractivity contribution in [2.75, 3.05) is 6.54 Å². The van der Waals surface area contributed by atoms with E-state index in [-0.39, 0.29) is 5.91 Å². The van der Waals surface area contributed by atoms with Crippen molar-refractivity contribution in [3.63, 3.8) is 0 Å². The van der Waals surface area contributed by atoms with Crippen molar-refractivity contribution < 1.29 is 4.79 Å². The van der Waals surface area contributed by atoms with Gasteiger partial charge in [-0.3, -0.25) is 9.69 Å². The molecule has 5 rings (SSSR count). The second kappa shape index (κ2) is 7.99. The summed E-state index contributed by atoms with van der Waals surface area (Å²) in [4.78, 5) is 20.0. The van der Waals surface area contributed by atoms with E-state index in [2.05, 4.69) is 51.2 Å². The van der Waals surface area contributed by atoms with Crippen molar-refractivity contribution in [1.82, 2.24) is 19.8 Å². The monoisotopic (exact) mass is 388 g/mol. The molecule has 0 radical (unpaired) electrons. The number of carbonyl (C=O) groups is 1. The summed E-state index contributed by atoms with van der Waals surface area (Å²) in [6.45, 7) is 3.73. The number of hydrogen-bond acceptors (Lipinski definition) is 3. The second-order valence-corrected chi connectivity index (χ2v) is 8.39. The van der Waals surface area contributed by atoms with E-state index in [1.807, 2.05) is 12.1 Å². The number of nitrogens with one attached hydrogen (secondary N) is 1. The van der Waals surface area contributed by atoms with Gasteiger partial charge in [-0.05, 0) is 36.6 Å². The highest BCUT2D eigenvalue weighted by Crippen LogP contribution is 2.24. The van der Waals surface area contributed by atoms with Gasteiger partial charge >= 0.3 is 0 Å². The zero-order valence-corrected chi connectivity index (χ0v) is 16.8. The fraction of sp³-hybridized carbons (Fsp3) is 0.417. The highest BCUT2D eigenvalue weighted by Gasteiger charge is 2.22. The quantitative estimate of drug-likeness (QED) is 0.732. The molecule has 2 aromatic carbocycles. The first-order chi connectivity index (χ1) is 14.3. The van der Waals surface area contributed by atoms with E-state index >= 15 is 0 Å². The molecule has 5 heteroatoms. The van der Waals surface area contributed by atoms with E-state index in [4.69, 9.17) is 4.98 Å². The lowest BCUT2D eigenvalue weighted by molar-refractivity contribution is 0.0928. The van der Waals surface area contributed by atoms with Crippen LogP contribution in [0.2, 0.25) is 0 Å². The molecule has 0 bridgehead atoms. The molecule has 0 atom stereocenters. The molecular formula is C24H28N4O. The van der Waals surface area contributed by atoms with E-state index in [0.29, 0.717) is 6.04 Å². The zero-order valence-electron chi connectivity index (χ0n) is 16.8. The number of benzene rings is 2. The van der Waals surface area contributed by atoms with Crippen molar-refractivity contribution in [3.8, 4) is 0 Å². The van der Waals surface area contributed by atoms with Gasteiger partial charge in [0, 0.05) is 31.2 Å². The normalized spacial score (nSPS) is 17.9. The molecule has 2 aliphatic rings. The topological polar surface area (TPSA) is 50.2 Å². The molecule has 0 spiro atoms. The Balaban J connectivity index is 1.32. The minimum atomic E-state index is 0.0375. The summed E-state index contributed by atoms with van der Waals surface area (Å²) >= 11 is 0. The standard InChI is InChI=1S/C24H28N4O/c29-24(25-20-9-5-2-6-10-20)19-11-12-22-21(15-19)26-23-17-27(13-14-28(22)23)16-18-7-3-1-4-8-18/h1,3-4,7-8,11-12,15,20H,2,5-6,9-10,13-14,16-17H2,(H,25,29). The average Bonchev–Trinajstić information content (AvgIpc) is 3.12. The summed E-state index contributed by atoms with van der Waals surface area (Å²) in [5, 5.41) is 3.21. The van der Waals surface area contributed by atoms with E-state index in [1.165, 1.54) is 24.8 Å². The highest BCUT2D eigenvalue weighted by molar-refractivity contribution is 5.97. The molecule has 29 heavy (non-hydrogen) atoms. The van der Waals surface area contributed by atoms with Crippen LogP contribution < -0.4 is 5.32 Å². The third kappa shape index (κ3) is 3.92. The van der Waals surface area contributed by atoms with Gasteiger partial charge in [0.05, 0.1) is 17.6 Å². The van der Waals surface area contributed by atoms with Gasteiger partial charge in [-0.1, -0.05) is 49.6 Å². The Morgan fingerprint density at radius 1 is 1.03 bits per heavy atom. The first-order valence-corrected chi connectivity index (χ1v) is 10.8. The van der Waals surface area contributed by atoms with Crippen LogP contribution in [0.1, 0.15) is 53.8 Å². The molecule has 0 unspecified atom stereocenters. The van der Waals surface area contributed by atoms with Crippen molar-refractivity contribution in [3.05, 3.63) is 65.5 Å². The van der Waals surface area contributed by atoms with Gasteiger partial charge in [0.25, 0.3) is 5.91 Å². The number of rotatable bonds is 4. The molecule has 1 aromatic heterocycles. The van der Waals surface area contributed by atoms with E-state index < -0.39 is 0 Å². The van der Waals surface area contributed by atoms with Crippen LogP contribution in [0.15, 0.2) is 48.5 Å². The van der Waals surface area contributed by atoms with Gasteiger partial charge in [0.1, 0.15) is 5.82 Å². The maximum atomic E-state index is 12.7. The maximum absolute atomic E-state index is 12.7. The Kier molecular flexibility index (Phi) is 5.06. The van der Waals surface area contributed by atoms with Gasteiger partial charge < -0.3 is 9.88 Å². The van der Waals surface area contributed by atoms with Crippen molar-refractivity contribution in [2.24, 2.45) is 0 Å². The Bertz CT molecular complexity index is 1000. The lowest BCUT2D eigenvalue weighted by Gasteiger charge is -2.27. The summed E-state index contributed by atoms with van der Waals surface area (Å²) < 4.78 is 2.31. The van der Waals surface area contributed by atoms with Gasteiger partial charge in [-0.2, -0.15) is 0 Å². The molecule has 1 aliphatic carbocycles. The van der Waals surface area contributed by atoms with Gasteiger partial charge in [-0.25, -0.2) is 4.98 Å². The van der Waals surface area contributed by atoms with Crippen LogP contribution >= 0.6 is 0 Å². The third-order valence-corrected chi connectivity index (χ3v) is 6.28. The Hall–Kier alpha value is -2.66. The minimum absolute atomic E-state index is 0.0375. The molecule has 1 saturated carbocycles. The second-order valence-electron chi connectivity index (χ2n) is 8.39. The average molecular weight is 389 g/mol. The smallest absolute Gasteiger partial charge is 0.251 e. The summed E-state index contributed by atoms with van der Waals surface area (Å²) in [5.74, 6) is 1.13. The Morgan fingerprint density at radius 3 is 2.69 bits per heavy atom. The third-order valence-electron chi connectivity index (χ3n) is 6.28. The minimum Gasteiger partial charge on any atom is -0.349 e. The fourth-order valence-electron chi connectivity index (χ4n) is 4.70. The molecule has 1 aliphatic heterocycles. The molecule has 2 heterocycles. The Labute approximate surface area is 171 Å². The number of imidazole rings is 1. The lowest BCUT2D eigenvalue weighted by atomic mass is 9.95. The lowest BCUT2D eigenvalue weighted by Crippen LogP contribution is -2.36. The predicted molar refractivity (Wildman–Crippen MR) is 115 cm³/mol. The molecule has 1 fully saturated rings. The van der Waals surface area contributed by atoms with E-state index in [0.717, 1.165) is 61.4 Å². The number of amides is 1. The van der Waals surface area contributed by atoms with Crippen LogP contribution in [-0.2, 0) is 19.6 Å². The molecule has 0 saturated heterocycles. The van der Waals surface area contributed by atoms with Crippen molar-refractivity contribution in [2.45, 2.75) is 57.8 Å². The zero-order chi connectivity index (χ0) is 19.6. The number of hydrogen-bond donors (Lipinski definition) is 1. The van der Waals surface area contributed by atoms with Gasteiger partial charge in [-0.15, -0.1) is 0 Å². The summed E-state index contributed by atoms with van der Waals surface area (Å²) in [5.41, 5.74) is 4.12. The summed E-state index contributed by atoms with van der Waals surface area (Å²) in [6, 6.07) is 16.9. The molecule has 1 amide bonds. The van der Waals surface area contributed by atoms with Crippen LogP contribution in [0.25, 0.3) is 11.0 Å². The van der Waals surface area contributed by atoms with Crippen LogP contribution in [0.5, 0.6) is 0 Å². The predicted octanol–water partition coefficient (Wildman–Crippen LogP) is 4.11. The van der Waals surface area contributed by atoms with Crippen molar-refractivity contribution in [1.29, 1.82) is 0 Å². The molecule has 1 N–H and O–H groups in total. The molecule has 3 aromatic rings. The highest BCUT2D eigenvalue weighted by atomic mass is 16.1. The largest absolute Gasteiger partial charge is 0.349 e. The van der Waals surface area contributed by atoms with E-state index in [1.54, 1.807) is 0 Å².